The lowest BCUT2D eigenvalue weighted by atomic mass is 10.2. The first kappa shape index (κ1) is 17.1. The van der Waals surface area contributed by atoms with Gasteiger partial charge in [0, 0.05) is 25.5 Å². The van der Waals surface area contributed by atoms with Gasteiger partial charge < -0.3 is 14.5 Å². The van der Waals surface area contributed by atoms with E-state index in [9.17, 15) is 4.79 Å². The highest BCUT2D eigenvalue weighted by Gasteiger charge is 2.12. The maximum Gasteiger partial charge on any atom is 0.247 e. The van der Waals surface area contributed by atoms with E-state index in [1.54, 1.807) is 7.11 Å². The summed E-state index contributed by atoms with van der Waals surface area (Å²) >= 11 is 0. The summed E-state index contributed by atoms with van der Waals surface area (Å²) in [6.07, 6.45) is 2.55. The number of ether oxygens (including phenoxy) is 1. The zero-order valence-corrected chi connectivity index (χ0v) is 13.6. The lowest BCUT2D eigenvalue weighted by Crippen LogP contribution is -2.37. The maximum atomic E-state index is 11.9. The van der Waals surface area contributed by atoms with Crippen LogP contribution in [0, 0.1) is 0 Å². The van der Waals surface area contributed by atoms with Crippen LogP contribution in [0.5, 0.6) is 0 Å². The number of methoxy groups -OCH3 is 1. The van der Waals surface area contributed by atoms with Gasteiger partial charge in [0.05, 0.1) is 12.6 Å². The van der Waals surface area contributed by atoms with E-state index in [-0.39, 0.29) is 11.9 Å². The van der Waals surface area contributed by atoms with Crippen molar-refractivity contribution in [2.24, 2.45) is 0 Å². The monoisotopic (exact) mass is 317 g/mol. The Hall–Kier alpha value is -2.21. The number of hydrogen-bond acceptors (Lipinski definition) is 5. The second-order valence-electron chi connectivity index (χ2n) is 5.35. The van der Waals surface area contributed by atoms with Crippen molar-refractivity contribution in [2.75, 3.05) is 13.7 Å². The van der Waals surface area contributed by atoms with Crippen molar-refractivity contribution < 1.29 is 13.9 Å². The molecular weight excluding hydrogens is 294 g/mol. The van der Waals surface area contributed by atoms with Crippen LogP contribution in [-0.4, -0.2) is 35.9 Å². The number of carbonyl (C=O) groups excluding carboxylic acids is 1. The van der Waals surface area contributed by atoms with Gasteiger partial charge in [-0.05, 0) is 25.0 Å². The molecule has 6 nitrogen and oxygen atoms in total. The molecule has 1 aromatic heterocycles. The van der Waals surface area contributed by atoms with E-state index in [0.717, 1.165) is 12.0 Å². The van der Waals surface area contributed by atoms with E-state index in [1.165, 1.54) is 0 Å². The van der Waals surface area contributed by atoms with E-state index in [1.807, 2.05) is 37.3 Å². The van der Waals surface area contributed by atoms with E-state index < -0.39 is 0 Å². The standard InChI is InChI=1S/C17H23N3O3/c1-3-14(12-22-2)18-15(21)10-7-11-16-19-20-17(23-16)13-8-5-4-6-9-13/h4-6,8-9,14H,3,7,10-12H2,1-2H3,(H,18,21). The number of hydrogen-bond donors (Lipinski definition) is 1. The molecule has 6 heteroatoms. The Morgan fingerprint density at radius 1 is 1.30 bits per heavy atom. The SMILES string of the molecule is CCC(COC)NC(=O)CCCc1nnc(-c2ccccc2)o1. The van der Waals surface area contributed by atoms with Crippen molar-refractivity contribution in [3.05, 3.63) is 36.2 Å². The van der Waals surface area contributed by atoms with Crippen LogP contribution in [0.2, 0.25) is 0 Å². The number of aryl methyl sites for hydroxylation is 1. The van der Waals surface area contributed by atoms with Crippen molar-refractivity contribution in [3.63, 3.8) is 0 Å². The minimum absolute atomic E-state index is 0.0247. The number of carbonyl (C=O) groups is 1. The molecule has 1 atom stereocenters. The molecular formula is C17H23N3O3. The molecule has 2 rings (SSSR count). The molecule has 0 saturated heterocycles. The predicted molar refractivity (Wildman–Crippen MR) is 86.8 cm³/mol. The van der Waals surface area contributed by atoms with Crippen LogP contribution >= 0.6 is 0 Å². The zero-order chi connectivity index (χ0) is 16.5. The van der Waals surface area contributed by atoms with Crippen molar-refractivity contribution in [1.29, 1.82) is 0 Å². The molecule has 0 spiro atoms. The first-order chi connectivity index (χ1) is 11.2. The van der Waals surface area contributed by atoms with Gasteiger partial charge in [-0.2, -0.15) is 0 Å². The molecule has 0 bridgehead atoms. The van der Waals surface area contributed by atoms with Gasteiger partial charge >= 0.3 is 0 Å². The van der Waals surface area contributed by atoms with E-state index in [4.69, 9.17) is 9.15 Å². The Morgan fingerprint density at radius 3 is 2.78 bits per heavy atom. The van der Waals surface area contributed by atoms with Gasteiger partial charge in [-0.1, -0.05) is 25.1 Å². The molecule has 1 heterocycles. The minimum atomic E-state index is 0.0247. The second kappa shape index (κ2) is 9.05. The largest absolute Gasteiger partial charge is 0.421 e. The van der Waals surface area contributed by atoms with Gasteiger partial charge in [-0.15, -0.1) is 10.2 Å². The third-order valence-corrected chi connectivity index (χ3v) is 3.51. The first-order valence-corrected chi connectivity index (χ1v) is 7.89. The van der Waals surface area contributed by atoms with Crippen LogP contribution in [0.3, 0.4) is 0 Å². The van der Waals surface area contributed by atoms with E-state index in [2.05, 4.69) is 15.5 Å². The fraction of sp³-hybridized carbons (Fsp3) is 0.471. The van der Waals surface area contributed by atoms with Crippen LogP contribution < -0.4 is 5.32 Å². The molecule has 1 amide bonds. The Morgan fingerprint density at radius 2 is 2.09 bits per heavy atom. The molecule has 2 aromatic rings. The second-order valence-corrected chi connectivity index (χ2v) is 5.35. The molecule has 0 aliphatic heterocycles. The van der Waals surface area contributed by atoms with Crippen molar-refractivity contribution in [2.45, 2.75) is 38.6 Å². The van der Waals surface area contributed by atoms with E-state index in [0.29, 0.717) is 37.7 Å². The van der Waals surface area contributed by atoms with Gasteiger partial charge in [0.1, 0.15) is 0 Å². The Balaban J connectivity index is 1.76. The summed E-state index contributed by atoms with van der Waals surface area (Å²) in [7, 11) is 1.63. The Bertz CT molecular complexity index is 598. The number of amides is 1. The molecule has 0 aliphatic rings. The van der Waals surface area contributed by atoms with Crippen LogP contribution in [0.15, 0.2) is 34.7 Å². The summed E-state index contributed by atoms with van der Waals surface area (Å²) in [5.41, 5.74) is 0.898. The highest BCUT2D eigenvalue weighted by Crippen LogP contribution is 2.17. The van der Waals surface area contributed by atoms with Crippen molar-refractivity contribution in [3.8, 4) is 11.5 Å². The minimum Gasteiger partial charge on any atom is -0.421 e. The van der Waals surface area contributed by atoms with Crippen LogP contribution in [0.4, 0.5) is 0 Å². The van der Waals surface area contributed by atoms with Crippen LogP contribution in [-0.2, 0) is 16.0 Å². The lowest BCUT2D eigenvalue weighted by molar-refractivity contribution is -0.122. The molecule has 1 aromatic carbocycles. The summed E-state index contributed by atoms with van der Waals surface area (Å²) in [4.78, 5) is 11.9. The summed E-state index contributed by atoms with van der Waals surface area (Å²) in [5, 5.41) is 11.0. The summed E-state index contributed by atoms with van der Waals surface area (Å²) in [6, 6.07) is 9.70. The summed E-state index contributed by atoms with van der Waals surface area (Å²) < 4.78 is 10.7. The van der Waals surface area contributed by atoms with Gasteiger partial charge in [-0.25, -0.2) is 0 Å². The fourth-order valence-electron chi connectivity index (χ4n) is 2.21. The molecule has 23 heavy (non-hydrogen) atoms. The average Bonchev–Trinajstić information content (AvgIpc) is 3.04. The maximum absolute atomic E-state index is 11.9. The Kier molecular flexibility index (Phi) is 6.75. The van der Waals surface area contributed by atoms with Crippen molar-refractivity contribution >= 4 is 5.91 Å². The molecule has 124 valence electrons. The number of nitrogens with zero attached hydrogens (tertiary/aromatic N) is 2. The molecule has 1 unspecified atom stereocenters. The van der Waals surface area contributed by atoms with Crippen LogP contribution in [0.1, 0.15) is 32.1 Å². The third kappa shape index (κ3) is 5.49. The summed E-state index contributed by atoms with van der Waals surface area (Å²) in [5.74, 6) is 1.09. The molecule has 0 aliphatic carbocycles. The fourth-order valence-corrected chi connectivity index (χ4v) is 2.21. The number of benzene rings is 1. The lowest BCUT2D eigenvalue weighted by Gasteiger charge is -2.15. The van der Waals surface area contributed by atoms with Gasteiger partial charge in [0.15, 0.2) is 0 Å². The van der Waals surface area contributed by atoms with Gasteiger partial charge in [0.25, 0.3) is 0 Å². The van der Waals surface area contributed by atoms with E-state index >= 15 is 0 Å². The van der Waals surface area contributed by atoms with Gasteiger partial charge in [-0.3, -0.25) is 4.79 Å². The molecule has 1 N–H and O–H groups in total. The highest BCUT2D eigenvalue weighted by molar-refractivity contribution is 5.76. The smallest absolute Gasteiger partial charge is 0.247 e. The number of aromatic nitrogens is 2. The first-order valence-electron chi connectivity index (χ1n) is 7.89. The van der Waals surface area contributed by atoms with Gasteiger partial charge in [0.2, 0.25) is 17.7 Å². The quantitative estimate of drug-likeness (QED) is 0.769. The average molecular weight is 317 g/mol. The summed E-state index contributed by atoms with van der Waals surface area (Å²) in [6.45, 7) is 2.56. The molecule has 0 fully saturated rings. The van der Waals surface area contributed by atoms with Crippen molar-refractivity contribution in [1.82, 2.24) is 15.5 Å². The predicted octanol–water partition coefficient (Wildman–Crippen LogP) is 2.60. The Labute approximate surface area is 136 Å². The normalized spacial score (nSPS) is 12.1. The topological polar surface area (TPSA) is 77.2 Å². The molecule has 0 saturated carbocycles. The van der Waals surface area contributed by atoms with Crippen LogP contribution in [0.25, 0.3) is 11.5 Å². The number of nitrogens with one attached hydrogen (secondary N) is 1. The third-order valence-electron chi connectivity index (χ3n) is 3.51. The zero-order valence-electron chi connectivity index (χ0n) is 13.6. The highest BCUT2D eigenvalue weighted by atomic mass is 16.5. The number of rotatable bonds is 9. The molecule has 0 radical (unpaired) electrons.